The minimum atomic E-state index is -0.170. The van der Waals surface area contributed by atoms with Gasteiger partial charge >= 0.3 is 0 Å². The van der Waals surface area contributed by atoms with Crippen molar-refractivity contribution in [3.05, 3.63) is 47.2 Å². The molecule has 0 unspecified atom stereocenters. The van der Waals surface area contributed by atoms with E-state index < -0.39 is 0 Å². The lowest BCUT2D eigenvalue weighted by molar-refractivity contribution is 0.0915. The first-order valence-corrected chi connectivity index (χ1v) is 8.37. The monoisotopic (exact) mass is 325 g/mol. The summed E-state index contributed by atoms with van der Waals surface area (Å²) >= 11 is 0. The largest absolute Gasteiger partial charge is 0.350 e. The number of fused-ring (bicyclic) bond motifs is 2. The van der Waals surface area contributed by atoms with Gasteiger partial charge in [-0.1, -0.05) is 11.2 Å². The number of aryl methyl sites for hydroxylation is 2. The first kappa shape index (κ1) is 14.9. The molecule has 0 bridgehead atoms. The molecule has 0 saturated carbocycles. The SMILES string of the molecule is O=C(NCCCc1nnc2ccccn12)c1onc2c1CCCC2. The second kappa shape index (κ2) is 6.43. The van der Waals surface area contributed by atoms with Gasteiger partial charge in [0.2, 0.25) is 5.76 Å². The number of carbonyl (C=O) groups excluding carboxylic acids is 1. The highest BCUT2D eigenvalue weighted by molar-refractivity contribution is 5.93. The lowest BCUT2D eigenvalue weighted by atomic mass is 9.96. The molecule has 0 aliphatic heterocycles. The third kappa shape index (κ3) is 2.77. The number of pyridine rings is 1. The predicted molar refractivity (Wildman–Crippen MR) is 86.8 cm³/mol. The highest BCUT2D eigenvalue weighted by Gasteiger charge is 2.23. The van der Waals surface area contributed by atoms with Crippen molar-refractivity contribution in [2.75, 3.05) is 6.54 Å². The van der Waals surface area contributed by atoms with Crippen LogP contribution in [0.25, 0.3) is 5.65 Å². The number of carbonyl (C=O) groups is 1. The van der Waals surface area contributed by atoms with E-state index in [9.17, 15) is 4.79 Å². The molecule has 3 aromatic heterocycles. The minimum absolute atomic E-state index is 0.170. The molecule has 3 heterocycles. The first-order valence-electron chi connectivity index (χ1n) is 8.37. The second-order valence-electron chi connectivity index (χ2n) is 6.05. The van der Waals surface area contributed by atoms with Crippen molar-refractivity contribution in [2.24, 2.45) is 0 Å². The van der Waals surface area contributed by atoms with Crippen LogP contribution in [-0.4, -0.2) is 32.2 Å². The van der Waals surface area contributed by atoms with Crippen LogP contribution in [0.5, 0.6) is 0 Å². The molecular weight excluding hydrogens is 306 g/mol. The Hall–Kier alpha value is -2.70. The smallest absolute Gasteiger partial charge is 0.290 e. The molecular formula is C17H19N5O2. The van der Waals surface area contributed by atoms with Gasteiger partial charge in [-0.3, -0.25) is 9.20 Å². The van der Waals surface area contributed by atoms with E-state index in [-0.39, 0.29) is 5.91 Å². The van der Waals surface area contributed by atoms with Crippen LogP contribution < -0.4 is 5.32 Å². The first-order chi connectivity index (χ1) is 11.8. The van der Waals surface area contributed by atoms with E-state index in [1.807, 2.05) is 28.8 Å². The van der Waals surface area contributed by atoms with Crippen molar-refractivity contribution in [1.82, 2.24) is 25.1 Å². The number of hydrogen-bond donors (Lipinski definition) is 1. The standard InChI is InChI=1S/C17H19N5O2/c23-17(16-12-6-1-2-7-13(12)21-24-16)18-10-5-9-15-20-19-14-8-3-4-11-22(14)15/h3-4,8,11H,1-2,5-7,9-10H2,(H,18,23). The predicted octanol–water partition coefficient (Wildman–Crippen LogP) is 1.96. The van der Waals surface area contributed by atoms with Crippen LogP contribution in [0.3, 0.4) is 0 Å². The fraction of sp³-hybridized carbons (Fsp3) is 0.412. The van der Waals surface area contributed by atoms with E-state index in [1.165, 1.54) is 0 Å². The van der Waals surface area contributed by atoms with Crippen LogP contribution in [0.4, 0.5) is 0 Å². The molecule has 1 N–H and O–H groups in total. The zero-order valence-electron chi connectivity index (χ0n) is 13.4. The zero-order valence-corrected chi connectivity index (χ0v) is 13.4. The van der Waals surface area contributed by atoms with E-state index in [0.717, 1.165) is 61.3 Å². The Labute approximate surface area is 139 Å². The summed E-state index contributed by atoms with van der Waals surface area (Å²) in [6.07, 6.45) is 7.49. The Kier molecular flexibility index (Phi) is 3.98. The maximum Gasteiger partial charge on any atom is 0.290 e. The Morgan fingerprint density at radius 3 is 3.12 bits per heavy atom. The number of nitrogens with zero attached hydrogens (tertiary/aromatic N) is 4. The highest BCUT2D eigenvalue weighted by atomic mass is 16.5. The lowest BCUT2D eigenvalue weighted by Gasteiger charge is -2.09. The summed E-state index contributed by atoms with van der Waals surface area (Å²) < 4.78 is 7.22. The molecule has 0 aromatic carbocycles. The number of amides is 1. The summed E-state index contributed by atoms with van der Waals surface area (Å²) in [5, 5.41) is 15.3. The maximum absolute atomic E-state index is 12.3. The molecule has 0 saturated heterocycles. The lowest BCUT2D eigenvalue weighted by Crippen LogP contribution is -2.25. The number of rotatable bonds is 5. The molecule has 124 valence electrons. The van der Waals surface area contributed by atoms with Crippen LogP contribution in [0.1, 0.15) is 46.9 Å². The highest BCUT2D eigenvalue weighted by Crippen LogP contribution is 2.23. The molecule has 1 aliphatic carbocycles. The van der Waals surface area contributed by atoms with Gasteiger partial charge in [0.1, 0.15) is 5.82 Å². The number of aromatic nitrogens is 4. The summed E-state index contributed by atoms with van der Waals surface area (Å²) in [6, 6.07) is 5.81. The number of hydrogen-bond acceptors (Lipinski definition) is 5. The van der Waals surface area contributed by atoms with Gasteiger partial charge < -0.3 is 9.84 Å². The van der Waals surface area contributed by atoms with E-state index in [0.29, 0.717) is 12.3 Å². The summed E-state index contributed by atoms with van der Waals surface area (Å²) in [5.41, 5.74) is 2.77. The fourth-order valence-electron chi connectivity index (χ4n) is 3.16. The second-order valence-corrected chi connectivity index (χ2v) is 6.05. The molecule has 0 atom stereocenters. The van der Waals surface area contributed by atoms with E-state index in [2.05, 4.69) is 20.7 Å². The summed E-state index contributed by atoms with van der Waals surface area (Å²) in [6.45, 7) is 0.566. The average Bonchev–Trinajstić information content (AvgIpc) is 3.23. The molecule has 1 aliphatic rings. The Morgan fingerprint density at radius 2 is 2.17 bits per heavy atom. The van der Waals surface area contributed by atoms with Gasteiger partial charge in [0, 0.05) is 24.7 Å². The van der Waals surface area contributed by atoms with E-state index in [4.69, 9.17) is 4.52 Å². The number of nitrogens with one attached hydrogen (secondary N) is 1. The van der Waals surface area contributed by atoms with Gasteiger partial charge in [-0.2, -0.15) is 0 Å². The van der Waals surface area contributed by atoms with Crippen LogP contribution in [0.15, 0.2) is 28.9 Å². The van der Waals surface area contributed by atoms with Crippen molar-refractivity contribution < 1.29 is 9.32 Å². The molecule has 0 radical (unpaired) electrons. The van der Waals surface area contributed by atoms with E-state index >= 15 is 0 Å². The quantitative estimate of drug-likeness (QED) is 0.725. The molecule has 0 fully saturated rings. The third-order valence-corrected chi connectivity index (χ3v) is 4.41. The van der Waals surface area contributed by atoms with Gasteiger partial charge in [0.25, 0.3) is 5.91 Å². The Morgan fingerprint density at radius 1 is 1.25 bits per heavy atom. The van der Waals surface area contributed by atoms with Gasteiger partial charge in [-0.25, -0.2) is 0 Å². The fourth-order valence-corrected chi connectivity index (χ4v) is 3.16. The van der Waals surface area contributed by atoms with E-state index in [1.54, 1.807) is 0 Å². The molecule has 7 nitrogen and oxygen atoms in total. The molecule has 0 spiro atoms. The van der Waals surface area contributed by atoms with Gasteiger partial charge in [0.15, 0.2) is 5.65 Å². The van der Waals surface area contributed by atoms with Crippen LogP contribution in [-0.2, 0) is 19.3 Å². The Bertz CT molecular complexity index is 867. The third-order valence-electron chi connectivity index (χ3n) is 4.41. The maximum atomic E-state index is 12.3. The molecule has 3 aromatic rings. The topological polar surface area (TPSA) is 85.3 Å². The van der Waals surface area contributed by atoms with Crippen molar-refractivity contribution in [3.63, 3.8) is 0 Å². The average molecular weight is 325 g/mol. The normalized spacial score (nSPS) is 13.8. The van der Waals surface area contributed by atoms with Crippen molar-refractivity contribution in [3.8, 4) is 0 Å². The van der Waals surface area contributed by atoms with Gasteiger partial charge in [-0.15, -0.1) is 10.2 Å². The van der Waals surface area contributed by atoms with Crippen LogP contribution >= 0.6 is 0 Å². The minimum Gasteiger partial charge on any atom is -0.350 e. The molecule has 7 heteroatoms. The van der Waals surface area contributed by atoms with Gasteiger partial charge in [-0.05, 0) is 44.2 Å². The van der Waals surface area contributed by atoms with Gasteiger partial charge in [0.05, 0.1) is 5.69 Å². The summed E-state index contributed by atoms with van der Waals surface area (Å²) in [4.78, 5) is 12.3. The van der Waals surface area contributed by atoms with Crippen molar-refractivity contribution >= 4 is 11.6 Å². The molecule has 4 rings (SSSR count). The van der Waals surface area contributed by atoms with Crippen LogP contribution in [0, 0.1) is 0 Å². The van der Waals surface area contributed by atoms with Crippen molar-refractivity contribution in [1.29, 1.82) is 0 Å². The zero-order chi connectivity index (χ0) is 16.4. The summed E-state index contributed by atoms with van der Waals surface area (Å²) in [5.74, 6) is 1.12. The molecule has 24 heavy (non-hydrogen) atoms. The molecule has 1 amide bonds. The summed E-state index contributed by atoms with van der Waals surface area (Å²) in [7, 11) is 0. The van der Waals surface area contributed by atoms with Crippen LogP contribution in [0.2, 0.25) is 0 Å². The van der Waals surface area contributed by atoms with Crippen molar-refractivity contribution in [2.45, 2.75) is 38.5 Å². The Balaban J connectivity index is 1.33.